The monoisotopic (exact) mass is 384 g/mol. The summed E-state index contributed by atoms with van der Waals surface area (Å²) in [5.74, 6) is -1.02. The Labute approximate surface area is 144 Å². The fourth-order valence-corrected chi connectivity index (χ4v) is 2.85. The van der Waals surface area contributed by atoms with E-state index in [0.717, 1.165) is 23.7 Å². The third-order valence-corrected chi connectivity index (χ3v) is 4.56. The second-order valence-electron chi connectivity index (χ2n) is 5.33. The van der Waals surface area contributed by atoms with Crippen molar-refractivity contribution in [3.63, 3.8) is 0 Å². The summed E-state index contributed by atoms with van der Waals surface area (Å²) in [4.78, 5) is 12.2. The first-order valence-electron chi connectivity index (χ1n) is 8.59. The predicted octanol–water partition coefficient (Wildman–Crippen LogP) is 1.66. The molecule has 0 radical (unpaired) electrons. The molecule has 1 fully saturated rings. The number of hydrogen-bond donors (Lipinski definition) is 0. The minimum atomic E-state index is -6.09. The lowest BCUT2D eigenvalue weighted by Crippen LogP contribution is -2.29. The molecule has 1 aliphatic heterocycles. The number of halogens is 3. The molecule has 0 aromatic carbocycles. The van der Waals surface area contributed by atoms with Crippen LogP contribution in [0.3, 0.4) is 0 Å². The predicted molar refractivity (Wildman–Crippen MR) is 79.4 cm³/mol. The zero-order valence-corrected chi connectivity index (χ0v) is 13.3. The van der Waals surface area contributed by atoms with Crippen molar-refractivity contribution in [3.05, 3.63) is 22.6 Å². The average molecular weight is 384 g/mol. The molecule has 2 aromatic heterocycles. The Bertz CT molecular complexity index is 1060. The van der Waals surface area contributed by atoms with Gasteiger partial charge in [-0.05, 0) is 19.3 Å². The first-order valence-corrected chi connectivity index (χ1v) is 8.50. The second kappa shape index (κ2) is 6.02. The molecule has 12 heteroatoms. The maximum Gasteiger partial charge on any atom is 0.534 e. The molecule has 25 heavy (non-hydrogen) atoms. The number of aromatic nitrogens is 3. The van der Waals surface area contributed by atoms with Gasteiger partial charge in [0.15, 0.2) is 11.3 Å². The van der Waals surface area contributed by atoms with Crippen LogP contribution in [0.2, 0.25) is 0 Å². The van der Waals surface area contributed by atoms with Crippen molar-refractivity contribution >= 4 is 21.2 Å². The van der Waals surface area contributed by atoms with Gasteiger partial charge in [-0.15, -0.1) is 0 Å². The summed E-state index contributed by atoms with van der Waals surface area (Å²) in [7, 11) is -6.09. The van der Waals surface area contributed by atoms with Gasteiger partial charge in [0.2, 0.25) is 0 Å². The Morgan fingerprint density at radius 1 is 1.44 bits per heavy atom. The highest BCUT2D eigenvalue weighted by atomic mass is 32.2. The molecule has 0 amide bonds. The molecule has 8 nitrogen and oxygen atoms in total. The summed E-state index contributed by atoms with van der Waals surface area (Å²) in [5, 5.41) is 3.94. The average Bonchev–Trinajstić information content (AvgIpc) is 2.98. The Kier molecular flexibility index (Phi) is 3.40. The summed E-state index contributed by atoms with van der Waals surface area (Å²) in [5.41, 5.74) is -7.96. The van der Waals surface area contributed by atoms with Gasteiger partial charge in [-0.3, -0.25) is 4.79 Å². The molecule has 3 rings (SSSR count). The van der Waals surface area contributed by atoms with E-state index >= 15 is 0 Å². The van der Waals surface area contributed by atoms with E-state index in [4.69, 9.17) is 8.85 Å². The van der Waals surface area contributed by atoms with E-state index in [1.807, 2.05) is 0 Å². The maximum atomic E-state index is 12.7. The highest BCUT2D eigenvalue weighted by Gasteiger charge is 2.49. The first kappa shape index (κ1) is 14.1. The van der Waals surface area contributed by atoms with Crippen LogP contribution in [0.1, 0.15) is 29.6 Å². The maximum absolute atomic E-state index is 12.7. The van der Waals surface area contributed by atoms with E-state index in [1.54, 1.807) is 0 Å². The van der Waals surface area contributed by atoms with Crippen LogP contribution in [0, 0.1) is 0 Å². The highest BCUT2D eigenvalue weighted by molar-refractivity contribution is 7.88. The summed E-state index contributed by atoms with van der Waals surface area (Å²) in [6.45, 7) is -2.60. The van der Waals surface area contributed by atoms with Gasteiger partial charge in [-0.2, -0.15) is 26.7 Å². The number of hydrogen-bond acceptors (Lipinski definition) is 6. The lowest BCUT2D eigenvalue weighted by atomic mass is 10.2. The van der Waals surface area contributed by atoms with Crippen molar-refractivity contribution in [1.82, 2.24) is 14.3 Å². The molecule has 3 heterocycles. The number of nitrogens with zero attached hydrogens (tertiary/aromatic N) is 3. The van der Waals surface area contributed by atoms with E-state index in [9.17, 15) is 26.4 Å². The Balaban J connectivity index is 2.22. The molecule has 2 aromatic rings. The van der Waals surface area contributed by atoms with Gasteiger partial charge in [-0.1, -0.05) is 0 Å². The van der Waals surface area contributed by atoms with Crippen LogP contribution < -0.4 is 9.74 Å². The second-order valence-corrected chi connectivity index (χ2v) is 6.87. The third kappa shape index (κ3) is 3.23. The fraction of sp³-hybridized carbons (Fsp3) is 0.538. The van der Waals surface area contributed by atoms with E-state index in [0.29, 0.717) is 23.7 Å². The van der Waals surface area contributed by atoms with E-state index < -0.39 is 51.2 Å². The molecular formula is C13H14F3N3O5S. The number of fused-ring (bicyclic) bond motifs is 1. The summed E-state index contributed by atoms with van der Waals surface area (Å²) in [6.07, 6.45) is 2.50. The van der Waals surface area contributed by atoms with Gasteiger partial charge in [0.25, 0.3) is 5.56 Å². The Morgan fingerprint density at radius 3 is 2.80 bits per heavy atom. The third-order valence-electron chi connectivity index (χ3n) is 3.60. The SMILES string of the molecule is [2H]C([2H])([2H])n1c(=O)cc(OS(=O)(=O)C(F)(F)F)c2nn(C3CCCCO3)cc21. The molecule has 0 N–H and O–H groups in total. The number of alkyl halides is 3. The summed E-state index contributed by atoms with van der Waals surface area (Å²) >= 11 is 0. The highest BCUT2D eigenvalue weighted by Crippen LogP contribution is 2.31. The van der Waals surface area contributed by atoms with Crippen LogP contribution in [0.25, 0.3) is 11.0 Å². The molecule has 1 saturated heterocycles. The van der Waals surface area contributed by atoms with Gasteiger partial charge in [-0.25, -0.2) is 4.68 Å². The van der Waals surface area contributed by atoms with Crippen molar-refractivity contribution in [2.45, 2.75) is 31.0 Å². The van der Waals surface area contributed by atoms with E-state index in [-0.39, 0.29) is 0 Å². The van der Waals surface area contributed by atoms with Crippen LogP contribution in [0.15, 0.2) is 17.1 Å². The molecule has 0 spiro atoms. The van der Waals surface area contributed by atoms with Crippen molar-refractivity contribution in [1.29, 1.82) is 0 Å². The molecular weight excluding hydrogens is 367 g/mol. The van der Waals surface area contributed by atoms with Crippen LogP contribution in [-0.2, 0) is 21.8 Å². The van der Waals surface area contributed by atoms with Gasteiger partial charge in [0.1, 0.15) is 6.23 Å². The molecule has 0 aliphatic carbocycles. The van der Waals surface area contributed by atoms with E-state index in [2.05, 4.69) is 9.28 Å². The van der Waals surface area contributed by atoms with Crippen molar-refractivity contribution in [3.8, 4) is 5.75 Å². The lowest BCUT2D eigenvalue weighted by Gasteiger charge is -2.22. The molecule has 1 atom stereocenters. The largest absolute Gasteiger partial charge is 0.534 e. The minimum absolute atomic E-state index is 0.321. The summed E-state index contributed by atoms with van der Waals surface area (Å²) in [6, 6.07) is 0.344. The zero-order valence-electron chi connectivity index (χ0n) is 15.5. The van der Waals surface area contributed by atoms with Gasteiger partial charge in [0.05, 0.1) is 11.7 Å². The van der Waals surface area contributed by atoms with Crippen molar-refractivity contribution in [2.75, 3.05) is 6.61 Å². The van der Waals surface area contributed by atoms with Crippen LogP contribution in [0.4, 0.5) is 13.2 Å². The standard InChI is InChI=1S/C13H14F3N3O5S/c1-18-8-7-19(11-4-2-3-5-23-11)17-12(8)9(6-10(18)20)24-25(21,22)13(14,15)16/h6-7,11H,2-5H2,1H3/i1D3. The number of rotatable bonds is 3. The fourth-order valence-electron chi connectivity index (χ4n) is 2.39. The molecule has 0 saturated carbocycles. The smallest absolute Gasteiger partial charge is 0.373 e. The lowest BCUT2D eigenvalue weighted by molar-refractivity contribution is -0.0500. The van der Waals surface area contributed by atoms with Gasteiger partial charge < -0.3 is 13.5 Å². The van der Waals surface area contributed by atoms with Crippen molar-refractivity contribution < 1.29 is 34.6 Å². The topological polar surface area (TPSA) is 92.4 Å². The Morgan fingerprint density at radius 2 is 2.20 bits per heavy atom. The van der Waals surface area contributed by atoms with Gasteiger partial charge in [0, 0.05) is 23.8 Å². The summed E-state index contributed by atoms with van der Waals surface area (Å²) < 4.78 is 94.1. The molecule has 1 unspecified atom stereocenters. The van der Waals surface area contributed by atoms with Crippen molar-refractivity contribution in [2.24, 2.45) is 6.98 Å². The first-order chi connectivity index (χ1) is 12.8. The number of ether oxygens (including phenoxy) is 1. The molecule has 1 aliphatic rings. The van der Waals surface area contributed by atoms with E-state index in [1.165, 1.54) is 0 Å². The zero-order chi connectivity index (χ0) is 20.9. The minimum Gasteiger partial charge on any atom is -0.373 e. The quantitative estimate of drug-likeness (QED) is 0.590. The normalized spacial score (nSPS) is 21.6. The van der Waals surface area contributed by atoms with Crippen LogP contribution in [-0.4, -0.2) is 34.9 Å². The molecule has 0 bridgehead atoms. The van der Waals surface area contributed by atoms with Crippen LogP contribution in [0.5, 0.6) is 5.75 Å². The van der Waals surface area contributed by atoms with Crippen LogP contribution >= 0.6 is 0 Å². The number of aryl methyl sites for hydroxylation is 1. The number of pyridine rings is 1. The Hall–Kier alpha value is -2.08. The van der Waals surface area contributed by atoms with Gasteiger partial charge >= 0.3 is 15.6 Å². The molecule has 138 valence electrons.